The smallest absolute Gasteiger partial charge is 0.230 e. The summed E-state index contributed by atoms with van der Waals surface area (Å²) in [6.45, 7) is 20.7. The zero-order valence-corrected chi connectivity index (χ0v) is 43.8. The maximum absolute atomic E-state index is 14.3. The highest BCUT2D eigenvalue weighted by atomic mass is 16.2. The Morgan fingerprint density at radius 1 is 0.529 bits per heavy atom. The van der Waals surface area contributed by atoms with E-state index in [9.17, 15) is 19.2 Å². The third kappa shape index (κ3) is 11.1. The number of nitrogens with zero attached hydrogens (tertiary/aromatic N) is 6. The minimum Gasteiger partial charge on any atom is -0.369 e. The van der Waals surface area contributed by atoms with Crippen molar-refractivity contribution in [2.24, 2.45) is 0 Å². The molecule has 70 heavy (non-hydrogen) atoms. The topological polar surface area (TPSA) is 112 Å². The van der Waals surface area contributed by atoms with Crippen LogP contribution in [0.2, 0.25) is 0 Å². The Bertz CT molecular complexity index is 2220. The van der Waals surface area contributed by atoms with Crippen LogP contribution in [-0.4, -0.2) is 160 Å². The number of hydrogen-bond donors (Lipinski definition) is 2. The molecule has 6 atom stereocenters. The van der Waals surface area contributed by atoms with Gasteiger partial charge in [0.2, 0.25) is 11.8 Å². The number of likely N-dealkylation sites (N-methyl/N-ethyl adjacent to an activating group) is 2. The van der Waals surface area contributed by atoms with Crippen molar-refractivity contribution in [3.63, 3.8) is 0 Å². The highest BCUT2D eigenvalue weighted by Crippen LogP contribution is 2.33. The van der Waals surface area contributed by atoms with Gasteiger partial charge in [0, 0.05) is 100 Å². The van der Waals surface area contributed by atoms with E-state index in [1.807, 2.05) is 114 Å². The lowest BCUT2D eigenvalue weighted by molar-refractivity contribution is -0.147. The van der Waals surface area contributed by atoms with Gasteiger partial charge >= 0.3 is 0 Å². The molecule has 2 N–H and O–H groups in total. The highest BCUT2D eigenvalue weighted by molar-refractivity contribution is 6.04. The van der Waals surface area contributed by atoms with Gasteiger partial charge in [-0.15, -0.1) is 0 Å². The van der Waals surface area contributed by atoms with Crippen molar-refractivity contribution in [2.45, 2.75) is 102 Å². The molecule has 2 amide bonds. The fourth-order valence-electron chi connectivity index (χ4n) is 11.2. The minimum absolute atomic E-state index is 0.0464. The van der Waals surface area contributed by atoms with Crippen LogP contribution in [0, 0.1) is 0 Å². The van der Waals surface area contributed by atoms with Crippen LogP contribution in [0.5, 0.6) is 0 Å². The molecule has 0 aromatic heterocycles. The van der Waals surface area contributed by atoms with E-state index < -0.39 is 11.1 Å². The largest absolute Gasteiger partial charge is 0.369 e. The van der Waals surface area contributed by atoms with Crippen molar-refractivity contribution in [3.8, 4) is 0 Å². The van der Waals surface area contributed by atoms with Gasteiger partial charge in [-0.25, -0.2) is 0 Å². The molecular formula is C58H80N8O4. The monoisotopic (exact) mass is 953 g/mol. The minimum atomic E-state index is -0.725. The zero-order valence-electron chi connectivity index (χ0n) is 43.8. The second kappa shape index (κ2) is 22.8. The molecule has 4 aromatic rings. The summed E-state index contributed by atoms with van der Waals surface area (Å²) in [5.41, 5.74) is 6.21. The second-order valence-corrected chi connectivity index (χ2v) is 20.7. The Labute approximate surface area is 418 Å². The zero-order chi connectivity index (χ0) is 50.3. The van der Waals surface area contributed by atoms with E-state index in [-0.39, 0.29) is 47.3 Å². The fraction of sp³-hybridized carbons (Fsp3) is 0.517. The van der Waals surface area contributed by atoms with Crippen LogP contribution in [0.25, 0.3) is 0 Å². The van der Waals surface area contributed by atoms with Crippen molar-refractivity contribution in [3.05, 3.63) is 130 Å². The predicted molar refractivity (Wildman–Crippen MR) is 285 cm³/mol. The number of ketones is 2. The lowest BCUT2D eigenvalue weighted by atomic mass is 9.80. The van der Waals surface area contributed by atoms with E-state index in [1.54, 1.807) is 0 Å². The number of hydrogen-bond acceptors (Lipinski definition) is 10. The van der Waals surface area contributed by atoms with Crippen LogP contribution in [0.3, 0.4) is 0 Å². The Morgan fingerprint density at radius 2 is 0.843 bits per heavy atom. The summed E-state index contributed by atoms with van der Waals surface area (Å²) in [6.07, 6.45) is 2.40. The molecule has 0 aliphatic carbocycles. The van der Waals surface area contributed by atoms with Crippen LogP contribution in [-0.2, 0) is 22.4 Å². The number of rotatable bonds is 18. The quantitative estimate of drug-likeness (QED) is 0.100. The number of piperazine rings is 3. The Balaban J connectivity index is 0.953. The summed E-state index contributed by atoms with van der Waals surface area (Å²) in [7, 11) is 7.95. The molecule has 3 heterocycles. The van der Waals surface area contributed by atoms with E-state index in [0.29, 0.717) is 49.9 Å². The fourth-order valence-corrected chi connectivity index (χ4v) is 11.2. The summed E-state index contributed by atoms with van der Waals surface area (Å²) >= 11 is 0. The van der Waals surface area contributed by atoms with Gasteiger partial charge in [0.1, 0.15) is 0 Å². The molecule has 12 nitrogen and oxygen atoms in total. The second-order valence-electron chi connectivity index (χ2n) is 20.7. The summed E-state index contributed by atoms with van der Waals surface area (Å²) in [5, 5.41) is 6.80. The highest BCUT2D eigenvalue weighted by Gasteiger charge is 2.42. The van der Waals surface area contributed by atoms with Crippen LogP contribution in [0.15, 0.2) is 97.1 Å². The number of anilines is 2. The molecule has 6 unspecified atom stereocenters. The average molecular weight is 953 g/mol. The molecule has 12 heteroatoms. The summed E-state index contributed by atoms with van der Waals surface area (Å²) in [4.78, 5) is 69.8. The van der Waals surface area contributed by atoms with Gasteiger partial charge in [-0.05, 0) is 152 Å². The molecule has 0 radical (unpaired) electrons. The van der Waals surface area contributed by atoms with Crippen molar-refractivity contribution >= 4 is 34.8 Å². The van der Waals surface area contributed by atoms with Gasteiger partial charge in [0.05, 0.1) is 22.9 Å². The van der Waals surface area contributed by atoms with Gasteiger partial charge in [-0.1, -0.05) is 62.4 Å². The molecule has 3 saturated heterocycles. The molecule has 3 fully saturated rings. The van der Waals surface area contributed by atoms with Crippen LogP contribution < -0.4 is 20.4 Å². The van der Waals surface area contributed by atoms with Crippen molar-refractivity contribution in [2.75, 3.05) is 103 Å². The molecular weight excluding hydrogens is 873 g/mol. The van der Waals surface area contributed by atoms with Crippen LogP contribution >= 0.6 is 0 Å². The van der Waals surface area contributed by atoms with E-state index in [2.05, 4.69) is 92.6 Å². The van der Waals surface area contributed by atoms with Crippen molar-refractivity contribution in [1.82, 2.24) is 30.2 Å². The maximum atomic E-state index is 14.3. The third-order valence-electron chi connectivity index (χ3n) is 16.2. The Hall–Kier alpha value is -5.40. The van der Waals surface area contributed by atoms with E-state index in [1.165, 1.54) is 0 Å². The number of amides is 2. The van der Waals surface area contributed by atoms with Crippen LogP contribution in [0.1, 0.15) is 109 Å². The third-order valence-corrected chi connectivity index (χ3v) is 16.2. The lowest BCUT2D eigenvalue weighted by Gasteiger charge is -2.45. The van der Waals surface area contributed by atoms with Crippen LogP contribution in [0.4, 0.5) is 11.4 Å². The number of benzene rings is 4. The lowest BCUT2D eigenvalue weighted by Crippen LogP contribution is -2.60. The predicted octanol–water partition coefficient (Wildman–Crippen LogP) is 7.13. The van der Waals surface area contributed by atoms with Gasteiger partial charge in [0.25, 0.3) is 0 Å². The van der Waals surface area contributed by atoms with Crippen molar-refractivity contribution < 1.29 is 19.2 Å². The Morgan fingerprint density at radius 3 is 1.13 bits per heavy atom. The summed E-state index contributed by atoms with van der Waals surface area (Å²) in [5.74, 6) is -0.434. The van der Waals surface area contributed by atoms with E-state index in [0.717, 1.165) is 86.0 Å². The number of carbonyl (C=O) groups is 4. The van der Waals surface area contributed by atoms with Crippen molar-refractivity contribution in [1.29, 1.82) is 0 Å². The SMILES string of the molecule is CCC(Cc1ccc(C(C)C(=O)N2CC(C)N(C(=O)C(C)c3ccc(CC(CC)(C(=O)c4ccc(N5CCNCC5)cc4)N(C)C)cc3)CC2C)cc1)(C(=O)c1ccc(N2CCNCC2)cc1)N(C)C. The number of nitrogens with one attached hydrogen (secondary N) is 2. The summed E-state index contributed by atoms with van der Waals surface area (Å²) in [6, 6.07) is 32.3. The normalized spacial score (nSPS) is 20.5. The van der Waals surface area contributed by atoms with Gasteiger partial charge in [-0.2, -0.15) is 0 Å². The molecule has 3 aliphatic rings. The van der Waals surface area contributed by atoms with E-state index in [4.69, 9.17) is 0 Å². The molecule has 4 aromatic carbocycles. The van der Waals surface area contributed by atoms with Gasteiger partial charge in [-0.3, -0.25) is 29.0 Å². The average Bonchev–Trinajstić information content (AvgIpc) is 3.39. The number of carbonyl (C=O) groups excluding carboxylic acids is 4. The Kier molecular flexibility index (Phi) is 17.1. The molecule has 7 rings (SSSR count). The first-order chi connectivity index (χ1) is 33.5. The maximum Gasteiger partial charge on any atom is 0.230 e. The first-order valence-corrected chi connectivity index (χ1v) is 25.9. The first kappa shape index (κ1) is 52.4. The summed E-state index contributed by atoms with van der Waals surface area (Å²) < 4.78 is 0. The van der Waals surface area contributed by atoms with Gasteiger partial charge < -0.3 is 30.2 Å². The molecule has 376 valence electrons. The van der Waals surface area contributed by atoms with Gasteiger partial charge in [0.15, 0.2) is 11.6 Å². The molecule has 0 bridgehead atoms. The number of Topliss-reactive ketones (excluding diaryl/α,β-unsaturated/α-hetero) is 2. The standard InChI is InChI=1S/C58H80N8O4/c1-11-57(61(7)8,53(67)49-21-25-51(26-22-49)63-33-29-59-30-34-63)37-45-13-17-47(18-14-45)43(5)55(69)65-39-42(4)66(40-41(65)3)56(70)44(6)48-19-15-46(16-20-48)38-58(12-2,62(9)10)54(68)50-23-27-52(28-24-50)64-35-31-60-32-36-64/h13-28,41-44,59-60H,11-12,29-40H2,1-10H3. The first-order valence-electron chi connectivity index (χ1n) is 25.9. The molecule has 3 aliphatic heterocycles. The molecule has 0 saturated carbocycles. The molecule has 0 spiro atoms. The van der Waals surface area contributed by atoms with E-state index >= 15 is 0 Å².